The zero-order valence-electron chi connectivity index (χ0n) is 10.0. The van der Waals surface area contributed by atoms with Crippen LogP contribution in [0.3, 0.4) is 0 Å². The Balaban J connectivity index is 3.10. The van der Waals surface area contributed by atoms with E-state index in [2.05, 4.69) is 0 Å². The molecule has 1 aromatic carbocycles. The maximum atomic E-state index is 12.8. The van der Waals surface area contributed by atoms with Gasteiger partial charge in [-0.25, -0.2) is 0 Å². The molecule has 1 rings (SSSR count). The molecule has 3 N–H and O–H groups in total. The maximum absolute atomic E-state index is 12.8. The molecule has 0 spiro atoms. The van der Waals surface area contributed by atoms with Gasteiger partial charge in [-0.15, -0.1) is 0 Å². The summed E-state index contributed by atoms with van der Waals surface area (Å²) in [7, 11) is 0. The number of hydrogen-bond acceptors (Lipinski definition) is 2. The predicted octanol–water partition coefficient (Wildman–Crippen LogP) is 2.23. The van der Waals surface area contributed by atoms with Crippen molar-refractivity contribution in [1.82, 2.24) is 0 Å². The summed E-state index contributed by atoms with van der Waals surface area (Å²) >= 11 is 0. The third-order valence-electron chi connectivity index (χ3n) is 2.49. The molecular formula is C11H9F5N2O2. The minimum Gasteiger partial charge on any atom is -0.366 e. The Morgan fingerprint density at radius 1 is 1.15 bits per heavy atom. The van der Waals surface area contributed by atoms with Gasteiger partial charge in [-0.1, -0.05) is 6.07 Å². The van der Waals surface area contributed by atoms with Crippen molar-refractivity contribution in [1.29, 1.82) is 0 Å². The first-order valence-corrected chi connectivity index (χ1v) is 5.14. The molecule has 0 fully saturated rings. The molecule has 0 bridgehead atoms. The Bertz CT molecular complexity index is 554. The monoisotopic (exact) mass is 296 g/mol. The Hall–Kier alpha value is -2.19. The number of anilines is 1. The van der Waals surface area contributed by atoms with Crippen LogP contribution in [0.2, 0.25) is 0 Å². The van der Waals surface area contributed by atoms with E-state index in [4.69, 9.17) is 5.73 Å². The van der Waals surface area contributed by atoms with Crippen molar-refractivity contribution in [2.75, 3.05) is 5.32 Å². The first kappa shape index (κ1) is 15.9. The second-order valence-electron chi connectivity index (χ2n) is 3.87. The average Bonchev–Trinajstić information content (AvgIpc) is 2.29. The van der Waals surface area contributed by atoms with Crippen molar-refractivity contribution in [3.8, 4) is 0 Å². The molecule has 110 valence electrons. The van der Waals surface area contributed by atoms with Gasteiger partial charge in [0.1, 0.15) is 0 Å². The molecule has 9 heteroatoms. The highest BCUT2D eigenvalue weighted by Crippen LogP contribution is 2.36. The quantitative estimate of drug-likeness (QED) is 0.840. The fourth-order valence-electron chi connectivity index (χ4n) is 1.37. The van der Waals surface area contributed by atoms with Gasteiger partial charge in [0.15, 0.2) is 0 Å². The van der Waals surface area contributed by atoms with Gasteiger partial charge in [0.25, 0.3) is 0 Å². The van der Waals surface area contributed by atoms with E-state index < -0.39 is 23.9 Å². The molecule has 0 aliphatic carbocycles. The number of amides is 2. The number of nitrogens with one attached hydrogen (secondary N) is 1. The maximum Gasteiger partial charge on any atom is 0.463 e. The fraction of sp³-hybridized carbons (Fsp3) is 0.273. The van der Waals surface area contributed by atoms with Crippen LogP contribution in [0, 0.1) is 6.92 Å². The molecule has 0 atom stereocenters. The minimum absolute atomic E-state index is 0.00803. The topological polar surface area (TPSA) is 72.2 Å². The predicted molar refractivity (Wildman–Crippen MR) is 59.3 cm³/mol. The van der Waals surface area contributed by atoms with Crippen LogP contribution in [0.1, 0.15) is 15.9 Å². The normalized spacial score (nSPS) is 12.1. The number of halogens is 5. The Morgan fingerprint density at radius 2 is 1.70 bits per heavy atom. The van der Waals surface area contributed by atoms with Crippen molar-refractivity contribution in [3.05, 3.63) is 29.3 Å². The van der Waals surface area contributed by atoms with Crippen LogP contribution in [0.15, 0.2) is 18.2 Å². The van der Waals surface area contributed by atoms with Crippen LogP contribution >= 0.6 is 0 Å². The number of nitrogens with two attached hydrogens (primary N) is 1. The van der Waals surface area contributed by atoms with E-state index in [1.54, 1.807) is 0 Å². The lowest BCUT2D eigenvalue weighted by Crippen LogP contribution is -2.47. The third-order valence-corrected chi connectivity index (χ3v) is 2.49. The summed E-state index contributed by atoms with van der Waals surface area (Å²) in [6, 6.07) is 3.51. The van der Waals surface area contributed by atoms with Gasteiger partial charge in [0, 0.05) is 11.3 Å². The van der Waals surface area contributed by atoms with Crippen molar-refractivity contribution in [2.45, 2.75) is 19.0 Å². The number of hydrogen-bond donors (Lipinski definition) is 2. The molecule has 0 aliphatic rings. The molecule has 0 saturated heterocycles. The molecule has 0 aromatic heterocycles. The first-order chi connectivity index (χ1) is 8.98. The summed E-state index contributed by atoms with van der Waals surface area (Å²) < 4.78 is 61.6. The van der Waals surface area contributed by atoms with Crippen molar-refractivity contribution in [2.24, 2.45) is 5.73 Å². The Kier molecular flexibility index (Phi) is 4.02. The van der Waals surface area contributed by atoms with Crippen LogP contribution in [-0.2, 0) is 4.79 Å². The summed E-state index contributed by atoms with van der Waals surface area (Å²) in [5.74, 6) is -8.97. The summed E-state index contributed by atoms with van der Waals surface area (Å²) in [5, 5.41) is 1.44. The molecule has 0 aliphatic heterocycles. The highest BCUT2D eigenvalue weighted by atomic mass is 19.4. The lowest BCUT2D eigenvalue weighted by Gasteiger charge is -2.19. The van der Waals surface area contributed by atoms with Crippen molar-refractivity contribution < 1.29 is 31.5 Å². The molecule has 2 amide bonds. The summed E-state index contributed by atoms with van der Waals surface area (Å²) in [6.45, 7) is 1.25. The van der Waals surface area contributed by atoms with Crippen LogP contribution in [0.25, 0.3) is 0 Å². The average molecular weight is 296 g/mol. The van der Waals surface area contributed by atoms with Gasteiger partial charge in [-0.2, -0.15) is 22.0 Å². The summed E-state index contributed by atoms with van der Waals surface area (Å²) in [4.78, 5) is 22.0. The van der Waals surface area contributed by atoms with E-state index in [-0.39, 0.29) is 16.8 Å². The van der Waals surface area contributed by atoms with Gasteiger partial charge in [-0.05, 0) is 24.6 Å². The molecule has 0 radical (unpaired) electrons. The van der Waals surface area contributed by atoms with Crippen LogP contribution in [0.4, 0.5) is 27.6 Å². The Labute approximate surface area is 109 Å². The largest absolute Gasteiger partial charge is 0.463 e. The highest BCUT2D eigenvalue weighted by molar-refractivity contribution is 6.00. The van der Waals surface area contributed by atoms with Gasteiger partial charge in [0.05, 0.1) is 0 Å². The van der Waals surface area contributed by atoms with E-state index >= 15 is 0 Å². The lowest BCUT2D eigenvalue weighted by molar-refractivity contribution is -0.267. The molecule has 4 nitrogen and oxygen atoms in total. The van der Waals surface area contributed by atoms with Crippen molar-refractivity contribution >= 4 is 17.5 Å². The smallest absolute Gasteiger partial charge is 0.366 e. The number of alkyl halides is 5. The van der Waals surface area contributed by atoms with Gasteiger partial charge in [0.2, 0.25) is 5.91 Å². The van der Waals surface area contributed by atoms with Gasteiger partial charge >= 0.3 is 18.0 Å². The highest BCUT2D eigenvalue weighted by Gasteiger charge is 2.63. The number of primary amides is 1. The van der Waals surface area contributed by atoms with Gasteiger partial charge in [-0.3, -0.25) is 9.59 Å². The number of benzene rings is 1. The molecule has 0 heterocycles. The van der Waals surface area contributed by atoms with E-state index in [0.717, 1.165) is 6.07 Å². The molecule has 1 aromatic rings. The lowest BCUT2D eigenvalue weighted by atomic mass is 10.1. The second kappa shape index (κ2) is 5.06. The third kappa shape index (κ3) is 2.86. The standard InChI is InChI=1S/C11H9F5N2O2/c1-5-6(8(17)19)3-2-4-7(5)18-9(20)10(12,13)11(14,15)16/h2-4H,1H3,(H2,17,19)(H,18,20). The Morgan fingerprint density at radius 3 is 2.15 bits per heavy atom. The summed E-state index contributed by atoms with van der Waals surface area (Å²) in [5.41, 5.74) is 4.53. The first-order valence-electron chi connectivity index (χ1n) is 5.14. The molecule has 0 saturated carbocycles. The molecule has 0 unspecified atom stereocenters. The van der Waals surface area contributed by atoms with Crippen LogP contribution < -0.4 is 11.1 Å². The van der Waals surface area contributed by atoms with Crippen LogP contribution in [-0.4, -0.2) is 23.9 Å². The number of carbonyl (C=O) groups excluding carboxylic acids is 2. The number of carbonyl (C=O) groups is 2. The van der Waals surface area contributed by atoms with E-state index in [0.29, 0.717) is 0 Å². The van der Waals surface area contributed by atoms with Gasteiger partial charge < -0.3 is 11.1 Å². The molecule has 20 heavy (non-hydrogen) atoms. The SMILES string of the molecule is Cc1c(NC(=O)C(F)(F)C(F)(F)F)cccc1C(N)=O. The molecular weight excluding hydrogens is 287 g/mol. The van der Waals surface area contributed by atoms with E-state index in [1.807, 2.05) is 0 Å². The zero-order chi connectivity index (χ0) is 15.7. The van der Waals surface area contributed by atoms with E-state index in [1.165, 1.54) is 24.4 Å². The van der Waals surface area contributed by atoms with Crippen LogP contribution in [0.5, 0.6) is 0 Å². The fourth-order valence-corrected chi connectivity index (χ4v) is 1.37. The second-order valence-corrected chi connectivity index (χ2v) is 3.87. The number of rotatable bonds is 3. The van der Waals surface area contributed by atoms with Crippen molar-refractivity contribution in [3.63, 3.8) is 0 Å². The zero-order valence-corrected chi connectivity index (χ0v) is 10.0. The minimum atomic E-state index is -6.01. The summed E-state index contributed by atoms with van der Waals surface area (Å²) in [6.07, 6.45) is -6.01. The van der Waals surface area contributed by atoms with E-state index in [9.17, 15) is 31.5 Å².